The second-order valence-electron chi connectivity index (χ2n) is 4.58. The van der Waals surface area contributed by atoms with E-state index >= 15 is 0 Å². The second kappa shape index (κ2) is 7.98. The van der Waals surface area contributed by atoms with Gasteiger partial charge in [-0.2, -0.15) is 0 Å². The lowest BCUT2D eigenvalue weighted by molar-refractivity contribution is 0.0358. The van der Waals surface area contributed by atoms with Crippen LogP contribution in [-0.4, -0.2) is 50.6 Å². The highest BCUT2D eigenvalue weighted by atomic mass is 79.9. The quantitative estimate of drug-likeness (QED) is 0.576. The Labute approximate surface area is 132 Å². The van der Waals surface area contributed by atoms with Gasteiger partial charge >= 0.3 is 0 Å². The van der Waals surface area contributed by atoms with Crippen LogP contribution >= 0.6 is 27.5 Å². The fourth-order valence-corrected chi connectivity index (χ4v) is 2.55. The molecule has 0 radical (unpaired) electrons. The minimum Gasteiger partial charge on any atom is -0.493 e. The number of nitrogens with zero attached hydrogens (tertiary/aromatic N) is 1. The van der Waals surface area contributed by atoms with Gasteiger partial charge in [-0.25, -0.2) is 0 Å². The van der Waals surface area contributed by atoms with Crippen LogP contribution in [-0.2, 0) is 4.74 Å². The number of aldehydes is 1. The highest BCUT2D eigenvalue weighted by molar-refractivity contribution is 9.10. The fraction of sp³-hybridized carbons (Fsp3) is 0.500. The molecule has 0 bridgehead atoms. The highest BCUT2D eigenvalue weighted by Crippen LogP contribution is 2.30. The normalized spacial score (nSPS) is 16.1. The van der Waals surface area contributed by atoms with Crippen molar-refractivity contribution in [3.05, 3.63) is 27.2 Å². The van der Waals surface area contributed by atoms with Gasteiger partial charge in [-0.3, -0.25) is 9.69 Å². The molecule has 0 spiro atoms. The first-order chi connectivity index (χ1) is 9.70. The molecule has 0 aromatic heterocycles. The van der Waals surface area contributed by atoms with Gasteiger partial charge in [0.2, 0.25) is 0 Å². The molecule has 1 aliphatic rings. The van der Waals surface area contributed by atoms with Gasteiger partial charge in [0.1, 0.15) is 5.75 Å². The maximum atomic E-state index is 11.0. The summed E-state index contributed by atoms with van der Waals surface area (Å²) in [7, 11) is 0. The van der Waals surface area contributed by atoms with Crippen molar-refractivity contribution in [2.24, 2.45) is 0 Å². The van der Waals surface area contributed by atoms with Gasteiger partial charge in [-0.15, -0.1) is 0 Å². The molecule has 1 saturated heterocycles. The molecule has 2 rings (SSSR count). The lowest BCUT2D eigenvalue weighted by Gasteiger charge is -2.26. The van der Waals surface area contributed by atoms with Gasteiger partial charge in [-0.1, -0.05) is 11.6 Å². The van der Waals surface area contributed by atoms with Crippen molar-refractivity contribution in [3.63, 3.8) is 0 Å². The number of morpholine rings is 1. The van der Waals surface area contributed by atoms with Crippen LogP contribution in [0.4, 0.5) is 0 Å². The first-order valence-electron chi connectivity index (χ1n) is 6.58. The van der Waals surface area contributed by atoms with Crippen LogP contribution in [0, 0.1) is 0 Å². The smallest absolute Gasteiger partial charge is 0.153 e. The number of hydrogen-bond donors (Lipinski definition) is 0. The van der Waals surface area contributed by atoms with Crippen molar-refractivity contribution in [2.45, 2.75) is 6.42 Å². The van der Waals surface area contributed by atoms with Crippen LogP contribution in [0.25, 0.3) is 0 Å². The molecule has 110 valence electrons. The molecule has 0 aliphatic carbocycles. The number of halogens is 2. The van der Waals surface area contributed by atoms with Gasteiger partial charge in [0.25, 0.3) is 0 Å². The lowest BCUT2D eigenvalue weighted by atomic mass is 10.2. The van der Waals surface area contributed by atoms with Gasteiger partial charge in [0.15, 0.2) is 6.29 Å². The largest absolute Gasteiger partial charge is 0.493 e. The predicted molar refractivity (Wildman–Crippen MR) is 81.9 cm³/mol. The molecule has 1 fully saturated rings. The Morgan fingerprint density at radius 2 is 2.15 bits per heavy atom. The van der Waals surface area contributed by atoms with Crippen LogP contribution in [0.2, 0.25) is 5.02 Å². The lowest BCUT2D eigenvalue weighted by Crippen LogP contribution is -2.37. The SMILES string of the molecule is O=Cc1cc(Cl)c(Br)cc1OCCCN1CCOCC1. The number of carbonyl (C=O) groups excluding carboxylic acids is 1. The van der Waals surface area contributed by atoms with Crippen molar-refractivity contribution in [3.8, 4) is 5.75 Å². The summed E-state index contributed by atoms with van der Waals surface area (Å²) in [5, 5.41) is 0.507. The zero-order valence-electron chi connectivity index (χ0n) is 11.1. The van der Waals surface area contributed by atoms with Gasteiger partial charge < -0.3 is 9.47 Å². The van der Waals surface area contributed by atoms with Crippen molar-refractivity contribution in [2.75, 3.05) is 39.5 Å². The third-order valence-electron chi connectivity index (χ3n) is 3.16. The van der Waals surface area contributed by atoms with E-state index in [-0.39, 0.29) is 0 Å². The molecular weight excluding hydrogens is 346 g/mol. The topological polar surface area (TPSA) is 38.8 Å². The van der Waals surface area contributed by atoms with Crippen molar-refractivity contribution in [1.82, 2.24) is 4.90 Å². The molecule has 20 heavy (non-hydrogen) atoms. The fourth-order valence-electron chi connectivity index (χ4n) is 2.06. The maximum Gasteiger partial charge on any atom is 0.153 e. The van der Waals surface area contributed by atoms with E-state index < -0.39 is 0 Å². The second-order valence-corrected chi connectivity index (χ2v) is 5.84. The third kappa shape index (κ3) is 4.45. The predicted octanol–water partition coefficient (Wildman–Crippen LogP) is 3.02. The molecule has 1 aromatic carbocycles. The van der Waals surface area contributed by atoms with E-state index in [2.05, 4.69) is 20.8 Å². The Morgan fingerprint density at radius 3 is 2.85 bits per heavy atom. The molecule has 4 nitrogen and oxygen atoms in total. The van der Waals surface area contributed by atoms with Crippen LogP contribution in [0.5, 0.6) is 5.75 Å². The minimum atomic E-state index is 0.476. The number of hydrogen-bond acceptors (Lipinski definition) is 4. The molecule has 1 heterocycles. The molecule has 1 aliphatic heterocycles. The van der Waals surface area contributed by atoms with E-state index in [1.165, 1.54) is 0 Å². The summed E-state index contributed by atoms with van der Waals surface area (Å²) in [4.78, 5) is 13.3. The third-order valence-corrected chi connectivity index (χ3v) is 4.36. The molecule has 6 heteroatoms. The number of rotatable bonds is 6. The Hall–Kier alpha value is -0.620. The Bertz CT molecular complexity index is 464. The number of ether oxygens (including phenoxy) is 2. The van der Waals surface area contributed by atoms with Gasteiger partial charge in [-0.05, 0) is 34.5 Å². The van der Waals surface area contributed by atoms with Gasteiger partial charge in [0, 0.05) is 24.1 Å². The molecule has 0 unspecified atom stereocenters. The van der Waals surface area contributed by atoms with Crippen LogP contribution in [0.1, 0.15) is 16.8 Å². The summed E-state index contributed by atoms with van der Waals surface area (Å²) < 4.78 is 11.7. The summed E-state index contributed by atoms with van der Waals surface area (Å²) in [5.41, 5.74) is 0.476. The van der Waals surface area contributed by atoms with E-state index in [0.29, 0.717) is 22.9 Å². The van der Waals surface area contributed by atoms with Crippen molar-refractivity contribution in [1.29, 1.82) is 0 Å². The summed E-state index contributed by atoms with van der Waals surface area (Å²) in [5.74, 6) is 0.568. The first kappa shape index (κ1) is 15.8. The first-order valence-corrected chi connectivity index (χ1v) is 7.75. The standard InChI is InChI=1S/C14H17BrClNO3/c15-12-9-14(11(10-18)8-13(12)16)20-5-1-2-17-3-6-19-7-4-17/h8-10H,1-7H2. The summed E-state index contributed by atoms with van der Waals surface area (Å²) in [6.07, 6.45) is 1.67. The average molecular weight is 363 g/mol. The van der Waals surface area contributed by atoms with E-state index in [0.717, 1.165) is 50.0 Å². The van der Waals surface area contributed by atoms with Gasteiger partial charge in [0.05, 0.1) is 30.4 Å². The Kier molecular flexibility index (Phi) is 6.29. The number of benzene rings is 1. The van der Waals surface area contributed by atoms with Crippen LogP contribution < -0.4 is 4.74 Å². The zero-order valence-corrected chi connectivity index (χ0v) is 13.5. The zero-order chi connectivity index (χ0) is 14.4. The van der Waals surface area contributed by atoms with E-state index in [4.69, 9.17) is 21.1 Å². The maximum absolute atomic E-state index is 11.0. The monoisotopic (exact) mass is 361 g/mol. The highest BCUT2D eigenvalue weighted by Gasteiger charge is 2.11. The molecule has 0 N–H and O–H groups in total. The Morgan fingerprint density at radius 1 is 1.40 bits per heavy atom. The van der Waals surface area contributed by atoms with Crippen LogP contribution in [0.3, 0.4) is 0 Å². The minimum absolute atomic E-state index is 0.476. The summed E-state index contributed by atoms with van der Waals surface area (Å²) >= 11 is 9.28. The Balaban J connectivity index is 1.81. The molecule has 0 amide bonds. The van der Waals surface area contributed by atoms with E-state index in [9.17, 15) is 4.79 Å². The molecular formula is C14H17BrClNO3. The summed E-state index contributed by atoms with van der Waals surface area (Å²) in [6, 6.07) is 3.34. The summed E-state index contributed by atoms with van der Waals surface area (Å²) in [6.45, 7) is 5.12. The molecule has 0 saturated carbocycles. The van der Waals surface area contributed by atoms with E-state index in [1.54, 1.807) is 12.1 Å². The van der Waals surface area contributed by atoms with Crippen molar-refractivity contribution >= 4 is 33.8 Å². The van der Waals surface area contributed by atoms with Crippen LogP contribution in [0.15, 0.2) is 16.6 Å². The number of carbonyl (C=O) groups is 1. The molecule has 1 aromatic rings. The van der Waals surface area contributed by atoms with E-state index in [1.807, 2.05) is 0 Å². The molecule has 0 atom stereocenters. The average Bonchev–Trinajstić information content (AvgIpc) is 2.48. The van der Waals surface area contributed by atoms with Crippen molar-refractivity contribution < 1.29 is 14.3 Å².